The molecule has 0 atom stereocenters. The van der Waals surface area contributed by atoms with Gasteiger partial charge in [0.05, 0.1) is 0 Å². The second-order valence-electron chi connectivity index (χ2n) is 2.34. The second kappa shape index (κ2) is 3.48. The molecule has 0 saturated carbocycles. The SMILES string of the molecule is [CH2]C(Cl)(Cl)CC=C(C)C. The van der Waals surface area contributed by atoms with Crippen molar-refractivity contribution in [2.45, 2.75) is 24.6 Å². The minimum atomic E-state index is -0.850. The quantitative estimate of drug-likeness (QED) is 0.435. The summed E-state index contributed by atoms with van der Waals surface area (Å²) >= 11 is 11.2. The number of allylic oxidation sites excluding steroid dienone is 2. The van der Waals surface area contributed by atoms with Gasteiger partial charge in [-0.3, -0.25) is 0 Å². The Labute approximate surface area is 66.8 Å². The zero-order chi connectivity index (χ0) is 7.49. The summed E-state index contributed by atoms with van der Waals surface area (Å²) in [6.07, 6.45) is 2.57. The predicted molar refractivity (Wildman–Crippen MR) is 43.8 cm³/mol. The normalized spacial score (nSPS) is 11.2. The lowest BCUT2D eigenvalue weighted by atomic mass is 10.2. The van der Waals surface area contributed by atoms with E-state index in [0.717, 1.165) is 0 Å². The molecular weight excluding hydrogens is 155 g/mol. The van der Waals surface area contributed by atoms with Crippen LogP contribution in [0.2, 0.25) is 0 Å². The van der Waals surface area contributed by atoms with Gasteiger partial charge in [-0.15, -0.1) is 23.2 Å². The molecule has 0 aliphatic heterocycles. The van der Waals surface area contributed by atoms with Crippen LogP contribution in [0.1, 0.15) is 20.3 Å². The van der Waals surface area contributed by atoms with Crippen molar-refractivity contribution >= 4 is 23.2 Å². The van der Waals surface area contributed by atoms with Crippen molar-refractivity contribution in [1.29, 1.82) is 0 Å². The Morgan fingerprint density at radius 3 is 2.11 bits per heavy atom. The molecule has 0 aliphatic carbocycles. The highest BCUT2D eigenvalue weighted by Crippen LogP contribution is 2.24. The molecule has 0 unspecified atom stereocenters. The van der Waals surface area contributed by atoms with Crippen molar-refractivity contribution in [3.63, 3.8) is 0 Å². The van der Waals surface area contributed by atoms with Gasteiger partial charge in [0.25, 0.3) is 0 Å². The van der Waals surface area contributed by atoms with Crippen molar-refractivity contribution in [3.8, 4) is 0 Å². The lowest BCUT2D eigenvalue weighted by Crippen LogP contribution is -2.03. The summed E-state index contributed by atoms with van der Waals surface area (Å²) in [6.45, 7) is 7.53. The highest BCUT2D eigenvalue weighted by atomic mass is 35.5. The average Bonchev–Trinajstić information content (AvgIpc) is 1.59. The van der Waals surface area contributed by atoms with E-state index in [0.29, 0.717) is 6.42 Å². The summed E-state index contributed by atoms with van der Waals surface area (Å²) in [4.78, 5) is 0. The maximum Gasteiger partial charge on any atom is 0.121 e. The molecule has 0 N–H and O–H groups in total. The van der Waals surface area contributed by atoms with Crippen LogP contribution in [0, 0.1) is 6.92 Å². The van der Waals surface area contributed by atoms with E-state index in [1.165, 1.54) is 5.57 Å². The van der Waals surface area contributed by atoms with Gasteiger partial charge in [-0.2, -0.15) is 0 Å². The molecule has 9 heavy (non-hydrogen) atoms. The van der Waals surface area contributed by atoms with Crippen LogP contribution in [-0.4, -0.2) is 4.33 Å². The molecule has 0 bridgehead atoms. The van der Waals surface area contributed by atoms with E-state index >= 15 is 0 Å². The van der Waals surface area contributed by atoms with Crippen LogP contribution < -0.4 is 0 Å². The van der Waals surface area contributed by atoms with Gasteiger partial charge in [-0.05, 0) is 27.2 Å². The number of hydrogen-bond donors (Lipinski definition) is 0. The first-order valence-electron chi connectivity index (χ1n) is 2.78. The molecule has 2 heteroatoms. The number of rotatable bonds is 2. The zero-order valence-corrected chi connectivity index (χ0v) is 7.26. The summed E-state index contributed by atoms with van der Waals surface area (Å²) in [6, 6.07) is 0. The Balaban J connectivity index is 3.64. The zero-order valence-electron chi connectivity index (χ0n) is 5.75. The van der Waals surface area contributed by atoms with Gasteiger partial charge in [0, 0.05) is 0 Å². The molecule has 0 aliphatic rings. The fraction of sp³-hybridized carbons (Fsp3) is 0.571. The molecule has 0 saturated heterocycles. The monoisotopic (exact) mass is 165 g/mol. The van der Waals surface area contributed by atoms with Crippen LogP contribution in [0.3, 0.4) is 0 Å². The van der Waals surface area contributed by atoms with Crippen LogP contribution in [0.25, 0.3) is 0 Å². The molecule has 53 valence electrons. The standard InChI is InChI=1S/C7H11Cl2/c1-6(2)4-5-7(3,8)9/h4H,3,5H2,1-2H3. The lowest BCUT2D eigenvalue weighted by molar-refractivity contribution is 0.960. The van der Waals surface area contributed by atoms with Crippen molar-refractivity contribution in [2.75, 3.05) is 0 Å². The van der Waals surface area contributed by atoms with Crippen LogP contribution in [0.15, 0.2) is 11.6 Å². The van der Waals surface area contributed by atoms with E-state index in [2.05, 4.69) is 6.92 Å². The maximum absolute atomic E-state index is 5.59. The molecule has 0 aromatic carbocycles. The topological polar surface area (TPSA) is 0 Å². The van der Waals surface area contributed by atoms with Crippen LogP contribution in [-0.2, 0) is 0 Å². The third-order valence-corrected chi connectivity index (χ3v) is 1.12. The number of halogens is 2. The highest BCUT2D eigenvalue weighted by Gasteiger charge is 2.13. The third kappa shape index (κ3) is 8.32. The van der Waals surface area contributed by atoms with Gasteiger partial charge in [-0.1, -0.05) is 11.6 Å². The predicted octanol–water partition coefficient (Wildman–Crippen LogP) is 3.35. The largest absolute Gasteiger partial charge is 0.121 e. The van der Waals surface area contributed by atoms with Gasteiger partial charge in [0.2, 0.25) is 0 Å². The highest BCUT2D eigenvalue weighted by molar-refractivity contribution is 6.49. The first kappa shape index (κ1) is 9.32. The Kier molecular flexibility index (Phi) is 3.60. The van der Waals surface area contributed by atoms with Gasteiger partial charge in [-0.25, -0.2) is 0 Å². The fourth-order valence-corrected chi connectivity index (χ4v) is 0.508. The Morgan fingerprint density at radius 1 is 1.56 bits per heavy atom. The van der Waals surface area contributed by atoms with Crippen molar-refractivity contribution in [2.24, 2.45) is 0 Å². The molecule has 0 aromatic heterocycles. The van der Waals surface area contributed by atoms with Crippen molar-refractivity contribution < 1.29 is 0 Å². The Bertz CT molecular complexity index is 105. The molecule has 0 heterocycles. The first-order chi connectivity index (χ1) is 3.92. The molecule has 0 spiro atoms. The molecule has 0 rings (SSSR count). The first-order valence-corrected chi connectivity index (χ1v) is 3.54. The van der Waals surface area contributed by atoms with E-state index in [9.17, 15) is 0 Å². The van der Waals surface area contributed by atoms with E-state index in [-0.39, 0.29) is 0 Å². The summed E-state index contributed by atoms with van der Waals surface area (Å²) in [7, 11) is 0. The van der Waals surface area contributed by atoms with Gasteiger partial charge < -0.3 is 0 Å². The molecular formula is C7H11Cl2. The minimum absolute atomic E-state index is 0.610. The maximum atomic E-state index is 5.59. The number of hydrogen-bond acceptors (Lipinski definition) is 0. The van der Waals surface area contributed by atoms with Gasteiger partial charge >= 0.3 is 0 Å². The molecule has 0 nitrogen and oxygen atoms in total. The third-order valence-electron chi connectivity index (χ3n) is 0.809. The van der Waals surface area contributed by atoms with Crippen LogP contribution >= 0.6 is 23.2 Å². The molecule has 0 aromatic rings. The second-order valence-corrected chi connectivity index (χ2v) is 3.98. The Hall–Kier alpha value is 0.320. The Morgan fingerprint density at radius 2 is 2.00 bits per heavy atom. The minimum Gasteiger partial charge on any atom is -0.101 e. The fourth-order valence-electron chi connectivity index (χ4n) is 0.353. The smallest absolute Gasteiger partial charge is 0.101 e. The van der Waals surface area contributed by atoms with E-state index in [4.69, 9.17) is 23.2 Å². The summed E-state index contributed by atoms with van der Waals surface area (Å²) in [5.74, 6) is 0. The molecule has 0 fully saturated rings. The number of alkyl halides is 2. The van der Waals surface area contributed by atoms with E-state index in [1.807, 2.05) is 19.9 Å². The van der Waals surface area contributed by atoms with Crippen molar-refractivity contribution in [1.82, 2.24) is 0 Å². The van der Waals surface area contributed by atoms with Gasteiger partial charge in [0.15, 0.2) is 0 Å². The van der Waals surface area contributed by atoms with Gasteiger partial charge in [0.1, 0.15) is 4.33 Å². The van der Waals surface area contributed by atoms with Crippen molar-refractivity contribution in [3.05, 3.63) is 18.6 Å². The average molecular weight is 166 g/mol. The lowest BCUT2D eigenvalue weighted by Gasteiger charge is -2.08. The van der Waals surface area contributed by atoms with E-state index < -0.39 is 4.33 Å². The van der Waals surface area contributed by atoms with Crippen LogP contribution in [0.5, 0.6) is 0 Å². The summed E-state index contributed by atoms with van der Waals surface area (Å²) in [5.41, 5.74) is 1.21. The molecule has 0 amide bonds. The van der Waals surface area contributed by atoms with E-state index in [1.54, 1.807) is 0 Å². The van der Waals surface area contributed by atoms with Crippen LogP contribution in [0.4, 0.5) is 0 Å². The summed E-state index contributed by atoms with van der Waals surface area (Å²) in [5, 5.41) is 0. The summed E-state index contributed by atoms with van der Waals surface area (Å²) < 4.78 is -0.850. The molecule has 1 radical (unpaired) electrons.